The Bertz CT molecular complexity index is 680. The monoisotopic (exact) mass is 354 g/mol. The van der Waals surface area contributed by atoms with Gasteiger partial charge in [-0.3, -0.25) is 0 Å². The van der Waals surface area contributed by atoms with E-state index in [0.29, 0.717) is 0 Å². The van der Waals surface area contributed by atoms with Crippen molar-refractivity contribution >= 4 is 21.8 Å². The van der Waals surface area contributed by atoms with Gasteiger partial charge in [0.25, 0.3) is 0 Å². The zero-order valence-corrected chi connectivity index (χ0v) is 13.6. The van der Waals surface area contributed by atoms with E-state index in [1.54, 1.807) is 12.1 Å². The fraction of sp³-hybridized carbons (Fsp3) is 0.538. The van der Waals surface area contributed by atoms with Gasteiger partial charge in [-0.05, 0) is 26.0 Å². The summed E-state index contributed by atoms with van der Waals surface area (Å²) in [4.78, 5) is 1.60. The Morgan fingerprint density at radius 3 is 2.22 bits per heavy atom. The Balaban J connectivity index is 2.64. The van der Waals surface area contributed by atoms with Gasteiger partial charge in [0, 0.05) is 13.6 Å². The molecule has 6 nitrogen and oxygen atoms in total. The molecule has 0 amide bonds. The lowest BCUT2D eigenvalue weighted by molar-refractivity contribution is -0.245. The van der Waals surface area contributed by atoms with Crippen LogP contribution in [0.25, 0.3) is 0 Å². The van der Waals surface area contributed by atoms with Crippen molar-refractivity contribution in [3.05, 3.63) is 24.3 Å². The Kier molecular flexibility index (Phi) is 4.53. The second kappa shape index (κ2) is 5.84. The molecule has 0 saturated carbocycles. The average molecular weight is 354 g/mol. The van der Waals surface area contributed by atoms with E-state index in [1.807, 2.05) is 0 Å². The van der Waals surface area contributed by atoms with Crippen molar-refractivity contribution in [1.29, 1.82) is 0 Å². The van der Waals surface area contributed by atoms with Gasteiger partial charge < -0.3 is 9.80 Å². The minimum Gasteiger partial charge on any atom is -0.319 e. The summed E-state index contributed by atoms with van der Waals surface area (Å²) >= 11 is 0. The first-order valence-corrected chi connectivity index (χ1v) is 8.21. The zero-order valence-electron chi connectivity index (χ0n) is 12.8. The van der Waals surface area contributed by atoms with Crippen molar-refractivity contribution in [1.82, 2.24) is 0 Å². The molecule has 1 aliphatic heterocycles. The normalized spacial score (nSPS) is 21.7. The molecule has 0 aromatic heterocycles. The Morgan fingerprint density at radius 2 is 1.74 bits per heavy atom. The summed E-state index contributed by atoms with van der Waals surface area (Å²) in [6.45, 7) is 2.36. The number of fused-ring (bicyclic) bond motifs is 1. The molecule has 0 N–H and O–H groups in total. The molecule has 0 fully saturated rings. The van der Waals surface area contributed by atoms with Gasteiger partial charge in [0.2, 0.25) is 0 Å². The highest BCUT2D eigenvalue weighted by atomic mass is 32.3. The molecular weight excluding hydrogens is 337 g/mol. The van der Waals surface area contributed by atoms with Crippen LogP contribution in [0.2, 0.25) is 0 Å². The smallest absolute Gasteiger partial charge is 0.319 e. The summed E-state index contributed by atoms with van der Waals surface area (Å²) in [6.07, 6.45) is -5.03. The highest BCUT2D eigenvalue weighted by Gasteiger charge is 2.69. The first kappa shape index (κ1) is 17.8. The first-order valence-electron chi connectivity index (χ1n) is 6.88. The SMILES string of the molecule is CCOS(=O)(=O)OC1(C(F)(F)F)N(C)c2ccccc2N1CC. The quantitative estimate of drug-likeness (QED) is 0.810. The van der Waals surface area contributed by atoms with Crippen molar-refractivity contribution in [3.63, 3.8) is 0 Å². The molecule has 0 aliphatic carbocycles. The summed E-state index contributed by atoms with van der Waals surface area (Å²) in [7, 11) is -3.73. The Labute approximate surface area is 132 Å². The number of hydrogen-bond donors (Lipinski definition) is 0. The topological polar surface area (TPSA) is 59.1 Å². The van der Waals surface area contributed by atoms with Gasteiger partial charge in [0.05, 0.1) is 18.0 Å². The molecule has 0 saturated heterocycles. The van der Waals surface area contributed by atoms with Crippen LogP contribution >= 0.6 is 0 Å². The van der Waals surface area contributed by atoms with Gasteiger partial charge in [0.15, 0.2) is 0 Å². The maximum absolute atomic E-state index is 13.9. The van der Waals surface area contributed by atoms with Crippen molar-refractivity contribution < 1.29 is 30.0 Å². The lowest BCUT2D eigenvalue weighted by Gasteiger charge is -2.42. The number of nitrogens with zero attached hydrogens (tertiary/aromatic N) is 2. The third-order valence-electron chi connectivity index (χ3n) is 3.52. The molecule has 1 unspecified atom stereocenters. The third kappa shape index (κ3) is 2.74. The van der Waals surface area contributed by atoms with Crippen molar-refractivity contribution in [2.45, 2.75) is 25.9 Å². The van der Waals surface area contributed by atoms with E-state index in [0.717, 1.165) is 16.8 Å². The Morgan fingerprint density at radius 1 is 1.17 bits per heavy atom. The largest absolute Gasteiger partial charge is 0.460 e. The lowest BCUT2D eigenvalue weighted by Crippen LogP contribution is -2.67. The van der Waals surface area contributed by atoms with Crippen molar-refractivity contribution in [3.8, 4) is 0 Å². The maximum atomic E-state index is 13.9. The van der Waals surface area contributed by atoms with Crippen LogP contribution in [-0.2, 0) is 18.8 Å². The van der Waals surface area contributed by atoms with Crippen LogP contribution in [0.5, 0.6) is 0 Å². The van der Waals surface area contributed by atoms with Gasteiger partial charge >= 0.3 is 22.4 Å². The number of alkyl halides is 3. The zero-order chi connectivity index (χ0) is 17.5. The first-order chi connectivity index (χ1) is 10.6. The van der Waals surface area contributed by atoms with E-state index in [4.69, 9.17) is 0 Å². The number of anilines is 2. The fourth-order valence-electron chi connectivity index (χ4n) is 2.67. The molecule has 130 valence electrons. The number of para-hydroxylation sites is 2. The molecule has 1 atom stereocenters. The van der Waals surface area contributed by atoms with Crippen LogP contribution in [-0.4, -0.2) is 40.6 Å². The molecule has 1 aromatic rings. The molecule has 0 bridgehead atoms. The van der Waals surface area contributed by atoms with Crippen molar-refractivity contribution in [2.75, 3.05) is 30.0 Å². The van der Waals surface area contributed by atoms with E-state index < -0.39 is 22.4 Å². The van der Waals surface area contributed by atoms with E-state index in [9.17, 15) is 21.6 Å². The van der Waals surface area contributed by atoms with Crippen LogP contribution in [0.4, 0.5) is 24.5 Å². The molecular formula is C13H17F3N2O4S. The predicted octanol–water partition coefficient (Wildman–Crippen LogP) is 2.48. The van der Waals surface area contributed by atoms with Gasteiger partial charge in [-0.25, -0.2) is 4.18 Å². The molecule has 2 rings (SSSR count). The van der Waals surface area contributed by atoms with Gasteiger partial charge in [-0.2, -0.15) is 25.8 Å². The number of halogens is 3. The second-order valence-corrected chi connectivity index (χ2v) is 6.01. The summed E-state index contributed by atoms with van der Waals surface area (Å²) in [5, 5.41) is 0. The molecule has 10 heteroatoms. The van der Waals surface area contributed by atoms with Crippen LogP contribution < -0.4 is 9.80 Å². The Hall–Kier alpha value is -1.52. The third-order valence-corrected chi connectivity index (χ3v) is 4.48. The molecule has 1 aliphatic rings. The van der Waals surface area contributed by atoms with Crippen LogP contribution in [0.3, 0.4) is 0 Å². The number of rotatable bonds is 5. The average Bonchev–Trinajstić information content (AvgIpc) is 2.68. The summed E-state index contributed by atoms with van der Waals surface area (Å²) in [5.41, 5.74) is 0.430. The van der Waals surface area contributed by atoms with E-state index >= 15 is 0 Å². The van der Waals surface area contributed by atoms with E-state index in [2.05, 4.69) is 8.37 Å². The standard InChI is InChI=1S/C13H17F3N2O4S/c1-4-18-11-9-7-6-8-10(11)17(3)13(18,12(14,15)16)22-23(19,20)21-5-2/h6-9H,4-5H2,1-3H3. The summed E-state index contributed by atoms with van der Waals surface area (Å²) in [5.74, 6) is -3.20. The predicted molar refractivity (Wildman–Crippen MR) is 78.3 cm³/mol. The van der Waals surface area contributed by atoms with E-state index in [-0.39, 0.29) is 24.5 Å². The molecule has 0 radical (unpaired) electrons. The molecule has 0 spiro atoms. The maximum Gasteiger partial charge on any atom is 0.460 e. The van der Waals surface area contributed by atoms with Crippen LogP contribution in [0, 0.1) is 0 Å². The van der Waals surface area contributed by atoms with Crippen LogP contribution in [0.15, 0.2) is 24.3 Å². The van der Waals surface area contributed by atoms with Gasteiger partial charge in [-0.1, -0.05) is 12.1 Å². The van der Waals surface area contributed by atoms with E-state index in [1.165, 1.54) is 26.0 Å². The molecule has 1 heterocycles. The van der Waals surface area contributed by atoms with Gasteiger partial charge in [0.1, 0.15) is 0 Å². The number of hydrogen-bond acceptors (Lipinski definition) is 6. The van der Waals surface area contributed by atoms with Crippen LogP contribution in [0.1, 0.15) is 13.8 Å². The van der Waals surface area contributed by atoms with Gasteiger partial charge in [-0.15, -0.1) is 0 Å². The summed E-state index contributed by atoms with van der Waals surface area (Å²) < 4.78 is 74.2. The fourth-order valence-corrected chi connectivity index (χ4v) is 3.59. The molecule has 1 aromatic carbocycles. The number of benzene rings is 1. The second-order valence-electron chi connectivity index (χ2n) is 4.80. The lowest BCUT2D eigenvalue weighted by atomic mass is 10.2. The minimum atomic E-state index is -5.03. The minimum absolute atomic E-state index is 0.123. The highest BCUT2D eigenvalue weighted by molar-refractivity contribution is 7.81. The summed E-state index contributed by atoms with van der Waals surface area (Å²) in [6, 6.07) is 6.06. The molecule has 23 heavy (non-hydrogen) atoms. The highest BCUT2D eigenvalue weighted by Crippen LogP contribution is 2.52. The van der Waals surface area contributed by atoms with Crippen molar-refractivity contribution in [2.24, 2.45) is 0 Å².